The minimum Gasteiger partial charge on any atom is -0.462 e. The van der Waals surface area contributed by atoms with E-state index in [1.54, 1.807) is 0 Å². The second-order valence-electron chi connectivity index (χ2n) is 14.3. The molecule has 0 fully saturated rings. The third-order valence-corrected chi connectivity index (χ3v) is 8.55. The average Bonchev–Trinajstić information content (AvgIpc) is 3.37. The van der Waals surface area contributed by atoms with Crippen molar-refractivity contribution in [3.63, 3.8) is 0 Å². The first-order valence-electron chi connectivity index (χ1n) is 20.5. The van der Waals surface area contributed by atoms with Crippen LogP contribution in [0.2, 0.25) is 0 Å². The molecular formula is C47H60N2O20. The highest BCUT2D eigenvalue weighted by Crippen LogP contribution is 2.28. The molecule has 0 aromatic carbocycles. The molecule has 0 aromatic heterocycles. The van der Waals surface area contributed by atoms with E-state index in [0.29, 0.717) is 13.1 Å². The summed E-state index contributed by atoms with van der Waals surface area (Å²) in [5.41, 5.74) is -4.85. The van der Waals surface area contributed by atoms with Crippen molar-refractivity contribution in [2.75, 3.05) is 92.4 Å². The van der Waals surface area contributed by atoms with E-state index < -0.39 is 143 Å². The summed E-state index contributed by atoms with van der Waals surface area (Å²) in [6.45, 7) is 21.2. The summed E-state index contributed by atoms with van der Waals surface area (Å²) in [6.07, 6.45) is 13.6. The van der Waals surface area contributed by atoms with Crippen molar-refractivity contribution in [3.05, 3.63) is 101 Å². The lowest BCUT2D eigenvalue weighted by Gasteiger charge is -2.37. The van der Waals surface area contributed by atoms with Gasteiger partial charge < -0.3 is 47.4 Å². The average molecular weight is 973 g/mol. The summed E-state index contributed by atoms with van der Waals surface area (Å²) in [4.78, 5) is 123. The number of esters is 8. The zero-order chi connectivity index (χ0) is 52.4. The molecule has 0 atom stereocenters. The van der Waals surface area contributed by atoms with E-state index in [-0.39, 0.29) is 0 Å². The highest BCUT2D eigenvalue weighted by molar-refractivity contribution is 5.84. The lowest BCUT2D eigenvalue weighted by atomic mass is 9.89. The van der Waals surface area contributed by atoms with Crippen molar-refractivity contribution in [2.45, 2.75) is 25.7 Å². The maximum Gasteiger partial charge on any atom is 0.330 e. The number of carbonyl (C=O) groups excluding carboxylic acids is 10. The summed E-state index contributed by atoms with van der Waals surface area (Å²) in [7, 11) is 0. The number of isocyanates is 2. The standard InChI is InChI=1S/C39H48O18.C8H12N2O2/c1-9-29(40)50-21-37(22-51-30(41)10-2,17-48-19-38(23-52-31(42)11-3,24-53-32(43)12-4)25-54-33(44)13-5)18-49-20-39(26-55-34(45)14-6,27-56-35(46)15-7)28-57-36(47)16-8;11-7-9-5-3-1-2-4-6-10-8-12/h9-16H,1-8,17-28H2;1-6H2. The summed E-state index contributed by atoms with van der Waals surface area (Å²) >= 11 is 0. The molecule has 69 heavy (non-hydrogen) atoms. The SMILES string of the molecule is C=CC(=O)OCC(COCC(COC(=O)C=C)(COC(=O)C=C)COC(=O)C=C)(COCC(COC(=O)C=C)(COC(=O)C=C)COC(=O)C=C)COC(=O)C=C.O=C=NCCCCCCN=C=O. The molecule has 0 amide bonds. The Kier molecular flexibility index (Phi) is 35.4. The van der Waals surface area contributed by atoms with Gasteiger partial charge in [-0.25, -0.2) is 57.9 Å². The van der Waals surface area contributed by atoms with Gasteiger partial charge in [-0.3, -0.25) is 0 Å². The maximum absolute atomic E-state index is 12.3. The van der Waals surface area contributed by atoms with E-state index in [4.69, 9.17) is 47.4 Å². The molecule has 0 saturated carbocycles. The van der Waals surface area contributed by atoms with Gasteiger partial charge in [-0.2, -0.15) is 0 Å². The molecule has 0 rings (SSSR count). The van der Waals surface area contributed by atoms with Crippen molar-refractivity contribution < 1.29 is 95.3 Å². The van der Waals surface area contributed by atoms with Crippen LogP contribution in [-0.4, -0.2) is 152 Å². The molecule has 0 saturated heterocycles. The zero-order valence-corrected chi connectivity index (χ0v) is 38.6. The summed E-state index contributed by atoms with van der Waals surface area (Å²) in [6, 6.07) is 0. The Morgan fingerprint density at radius 3 is 0.652 bits per heavy atom. The number of carbonyl (C=O) groups is 8. The minimum atomic E-state index is -1.64. The van der Waals surface area contributed by atoms with Crippen LogP contribution in [0.25, 0.3) is 0 Å². The lowest BCUT2D eigenvalue weighted by molar-refractivity contribution is -0.172. The van der Waals surface area contributed by atoms with Crippen molar-refractivity contribution in [3.8, 4) is 0 Å². The number of aliphatic imine (C=N–C) groups is 2. The number of rotatable bonds is 39. The quantitative estimate of drug-likeness (QED) is 0.0214. The Bertz CT molecular complexity index is 1640. The van der Waals surface area contributed by atoms with E-state index in [0.717, 1.165) is 74.3 Å². The van der Waals surface area contributed by atoms with Crippen LogP contribution in [0, 0.1) is 16.2 Å². The third kappa shape index (κ3) is 31.1. The van der Waals surface area contributed by atoms with Gasteiger partial charge in [-0.1, -0.05) is 65.5 Å². The van der Waals surface area contributed by atoms with Gasteiger partial charge in [-0.15, -0.1) is 0 Å². The van der Waals surface area contributed by atoms with Crippen molar-refractivity contribution in [1.82, 2.24) is 0 Å². The van der Waals surface area contributed by atoms with Gasteiger partial charge in [0.25, 0.3) is 0 Å². The van der Waals surface area contributed by atoms with Gasteiger partial charge in [0.05, 0.1) is 55.8 Å². The highest BCUT2D eigenvalue weighted by atomic mass is 16.6. The topological polar surface area (TPSA) is 288 Å². The van der Waals surface area contributed by atoms with E-state index in [1.807, 2.05) is 0 Å². The molecule has 22 nitrogen and oxygen atoms in total. The van der Waals surface area contributed by atoms with Crippen molar-refractivity contribution >= 4 is 59.9 Å². The molecule has 22 heteroatoms. The van der Waals surface area contributed by atoms with Crippen LogP contribution in [0.3, 0.4) is 0 Å². The van der Waals surface area contributed by atoms with Gasteiger partial charge in [0, 0.05) is 48.6 Å². The summed E-state index contributed by atoms with van der Waals surface area (Å²) in [5.74, 6) is -7.16. The van der Waals surface area contributed by atoms with Gasteiger partial charge >= 0.3 is 47.8 Å². The molecule has 0 aliphatic rings. The van der Waals surface area contributed by atoms with Crippen LogP contribution in [-0.2, 0) is 95.3 Å². The molecule has 0 aliphatic carbocycles. The Balaban J connectivity index is 0. The van der Waals surface area contributed by atoms with Crippen LogP contribution < -0.4 is 0 Å². The van der Waals surface area contributed by atoms with Crippen LogP contribution in [0.1, 0.15) is 25.7 Å². The lowest BCUT2D eigenvalue weighted by Crippen LogP contribution is -2.48. The fraction of sp³-hybridized carbons (Fsp3) is 0.447. The second kappa shape index (κ2) is 38.5. The summed E-state index contributed by atoms with van der Waals surface area (Å²) < 4.78 is 54.1. The van der Waals surface area contributed by atoms with Crippen LogP contribution in [0.15, 0.2) is 111 Å². The molecule has 0 radical (unpaired) electrons. The number of hydrogen-bond donors (Lipinski definition) is 0. The molecule has 0 aromatic rings. The van der Waals surface area contributed by atoms with E-state index in [9.17, 15) is 47.9 Å². The monoisotopic (exact) mass is 972 g/mol. The Hall–Kier alpha value is -7.64. The molecule has 0 spiro atoms. The zero-order valence-electron chi connectivity index (χ0n) is 38.6. The Labute approximate surface area is 400 Å². The minimum absolute atomic E-state index is 0.519. The number of hydrogen-bond acceptors (Lipinski definition) is 22. The van der Waals surface area contributed by atoms with Crippen LogP contribution in [0.4, 0.5) is 0 Å². The van der Waals surface area contributed by atoms with E-state index in [1.165, 1.54) is 12.2 Å². The van der Waals surface area contributed by atoms with E-state index >= 15 is 0 Å². The van der Waals surface area contributed by atoms with Gasteiger partial charge in [0.1, 0.15) is 52.9 Å². The molecule has 0 bridgehead atoms. The van der Waals surface area contributed by atoms with Crippen molar-refractivity contribution in [1.29, 1.82) is 0 Å². The predicted octanol–water partition coefficient (Wildman–Crippen LogP) is 3.03. The third-order valence-electron chi connectivity index (χ3n) is 8.55. The largest absolute Gasteiger partial charge is 0.462 e. The van der Waals surface area contributed by atoms with Gasteiger partial charge in [0.15, 0.2) is 0 Å². The first-order valence-corrected chi connectivity index (χ1v) is 20.5. The number of nitrogens with zero attached hydrogens (tertiary/aromatic N) is 2. The molecule has 0 unspecified atom stereocenters. The normalized spacial score (nSPS) is 10.4. The van der Waals surface area contributed by atoms with E-state index in [2.05, 4.69) is 62.6 Å². The summed E-state index contributed by atoms with van der Waals surface area (Å²) in [5, 5.41) is 0. The fourth-order valence-electron chi connectivity index (χ4n) is 4.81. The van der Waals surface area contributed by atoms with Crippen molar-refractivity contribution in [2.24, 2.45) is 26.2 Å². The predicted molar refractivity (Wildman–Crippen MR) is 243 cm³/mol. The molecular weight excluding hydrogens is 913 g/mol. The number of ether oxygens (including phenoxy) is 10. The first kappa shape index (κ1) is 63.4. The van der Waals surface area contributed by atoms with Crippen LogP contribution in [0.5, 0.6) is 0 Å². The number of unbranched alkanes of at least 4 members (excludes halogenated alkanes) is 3. The Morgan fingerprint density at radius 1 is 0.319 bits per heavy atom. The Morgan fingerprint density at radius 2 is 0.493 bits per heavy atom. The van der Waals surface area contributed by atoms with Gasteiger partial charge in [-0.05, 0) is 12.8 Å². The molecule has 0 heterocycles. The molecule has 0 aliphatic heterocycles. The second-order valence-corrected chi connectivity index (χ2v) is 14.3. The first-order chi connectivity index (χ1) is 33.0. The molecule has 378 valence electrons. The van der Waals surface area contributed by atoms with Crippen LogP contribution >= 0.6 is 0 Å². The maximum atomic E-state index is 12.3. The van der Waals surface area contributed by atoms with Gasteiger partial charge in [0.2, 0.25) is 12.2 Å². The smallest absolute Gasteiger partial charge is 0.330 e. The fourth-order valence-corrected chi connectivity index (χ4v) is 4.81. The molecule has 0 N–H and O–H groups in total. The highest BCUT2D eigenvalue weighted by Gasteiger charge is 2.42.